The van der Waals surface area contributed by atoms with E-state index in [9.17, 15) is 4.39 Å². The van der Waals surface area contributed by atoms with E-state index in [4.69, 9.17) is 10.5 Å². The molecule has 1 atom stereocenters. The number of halogens is 1. The molecule has 0 aromatic heterocycles. The van der Waals surface area contributed by atoms with Crippen LogP contribution in [0.1, 0.15) is 23.6 Å². The van der Waals surface area contributed by atoms with E-state index in [0.717, 1.165) is 22.4 Å². The largest absolute Gasteiger partial charge is 0.497 e. The zero-order valence-corrected chi connectivity index (χ0v) is 11.4. The Bertz CT molecular complexity index is 576. The molecule has 19 heavy (non-hydrogen) atoms. The summed E-state index contributed by atoms with van der Waals surface area (Å²) >= 11 is 0. The average molecular weight is 259 g/mol. The molecule has 0 aliphatic rings. The SMILES string of the molecule is COc1ccc(C(C)(N)c2cc(F)ccc2C)cc1. The lowest BCUT2D eigenvalue weighted by Gasteiger charge is -2.28. The quantitative estimate of drug-likeness (QED) is 0.917. The number of rotatable bonds is 3. The summed E-state index contributed by atoms with van der Waals surface area (Å²) in [5.41, 5.74) is 8.36. The fourth-order valence-corrected chi connectivity index (χ4v) is 2.25. The highest BCUT2D eigenvalue weighted by atomic mass is 19.1. The van der Waals surface area contributed by atoms with E-state index in [-0.39, 0.29) is 5.82 Å². The van der Waals surface area contributed by atoms with Crippen molar-refractivity contribution >= 4 is 0 Å². The van der Waals surface area contributed by atoms with Gasteiger partial charge >= 0.3 is 0 Å². The number of hydrogen-bond donors (Lipinski definition) is 1. The van der Waals surface area contributed by atoms with Gasteiger partial charge in [-0.15, -0.1) is 0 Å². The van der Waals surface area contributed by atoms with Gasteiger partial charge in [0, 0.05) is 0 Å². The van der Waals surface area contributed by atoms with Gasteiger partial charge in [0.15, 0.2) is 0 Å². The van der Waals surface area contributed by atoms with Crippen LogP contribution in [0.5, 0.6) is 5.75 Å². The van der Waals surface area contributed by atoms with Crippen LogP contribution in [0.2, 0.25) is 0 Å². The molecule has 1 unspecified atom stereocenters. The fraction of sp³-hybridized carbons (Fsp3) is 0.250. The van der Waals surface area contributed by atoms with Gasteiger partial charge in [-0.05, 0) is 54.8 Å². The molecule has 0 saturated carbocycles. The Labute approximate surface area is 113 Å². The molecule has 0 heterocycles. The summed E-state index contributed by atoms with van der Waals surface area (Å²) in [6.45, 7) is 3.82. The Hall–Kier alpha value is -1.87. The lowest BCUT2D eigenvalue weighted by atomic mass is 9.83. The molecule has 2 N–H and O–H groups in total. The van der Waals surface area contributed by atoms with Crippen molar-refractivity contribution in [2.75, 3.05) is 7.11 Å². The van der Waals surface area contributed by atoms with E-state index < -0.39 is 5.54 Å². The Morgan fingerprint density at radius 2 is 1.74 bits per heavy atom. The van der Waals surface area contributed by atoms with E-state index >= 15 is 0 Å². The van der Waals surface area contributed by atoms with E-state index in [2.05, 4.69) is 0 Å². The van der Waals surface area contributed by atoms with Crippen molar-refractivity contribution < 1.29 is 9.13 Å². The second-order valence-corrected chi connectivity index (χ2v) is 4.89. The second kappa shape index (κ2) is 5.02. The second-order valence-electron chi connectivity index (χ2n) is 4.89. The molecular formula is C16H18FNO. The van der Waals surface area contributed by atoms with Crippen molar-refractivity contribution in [1.29, 1.82) is 0 Å². The third-order valence-electron chi connectivity index (χ3n) is 3.45. The number of aryl methyl sites for hydroxylation is 1. The number of ether oxygens (including phenoxy) is 1. The number of hydrogen-bond acceptors (Lipinski definition) is 2. The maximum absolute atomic E-state index is 13.4. The first-order valence-corrected chi connectivity index (χ1v) is 6.15. The molecule has 2 nitrogen and oxygen atoms in total. The summed E-state index contributed by atoms with van der Waals surface area (Å²) in [6.07, 6.45) is 0. The van der Waals surface area contributed by atoms with Crippen LogP contribution in [-0.2, 0) is 5.54 Å². The first-order valence-electron chi connectivity index (χ1n) is 6.15. The Kier molecular flexibility index (Phi) is 3.58. The van der Waals surface area contributed by atoms with Crippen molar-refractivity contribution in [3.8, 4) is 5.75 Å². The molecule has 0 amide bonds. The summed E-state index contributed by atoms with van der Waals surface area (Å²) in [5.74, 6) is 0.501. The van der Waals surface area contributed by atoms with E-state index in [1.54, 1.807) is 13.2 Å². The number of nitrogens with two attached hydrogens (primary N) is 1. The highest BCUT2D eigenvalue weighted by molar-refractivity contribution is 5.43. The molecule has 0 spiro atoms. The molecule has 0 aliphatic heterocycles. The van der Waals surface area contributed by atoms with Gasteiger partial charge in [-0.2, -0.15) is 0 Å². The maximum atomic E-state index is 13.4. The molecule has 2 aromatic rings. The van der Waals surface area contributed by atoms with E-state index in [1.165, 1.54) is 12.1 Å². The number of benzene rings is 2. The predicted molar refractivity (Wildman–Crippen MR) is 74.8 cm³/mol. The van der Waals surface area contributed by atoms with Crippen LogP contribution in [0.15, 0.2) is 42.5 Å². The molecule has 100 valence electrons. The minimum absolute atomic E-state index is 0.272. The van der Waals surface area contributed by atoms with Gasteiger partial charge in [-0.3, -0.25) is 0 Å². The van der Waals surface area contributed by atoms with Gasteiger partial charge in [0.25, 0.3) is 0 Å². The molecule has 2 rings (SSSR count). The molecule has 2 aromatic carbocycles. The maximum Gasteiger partial charge on any atom is 0.123 e. The van der Waals surface area contributed by atoms with Crippen LogP contribution in [0.4, 0.5) is 4.39 Å². The smallest absolute Gasteiger partial charge is 0.123 e. The minimum atomic E-state index is -0.738. The molecule has 3 heteroatoms. The normalized spacial score (nSPS) is 13.9. The molecule has 0 radical (unpaired) electrons. The van der Waals surface area contributed by atoms with Crippen LogP contribution in [0.25, 0.3) is 0 Å². The molecule has 0 saturated heterocycles. The molecule has 0 aliphatic carbocycles. The van der Waals surface area contributed by atoms with Crippen LogP contribution < -0.4 is 10.5 Å². The monoisotopic (exact) mass is 259 g/mol. The average Bonchev–Trinajstić information content (AvgIpc) is 2.41. The third kappa shape index (κ3) is 2.61. The van der Waals surface area contributed by atoms with Crippen LogP contribution in [-0.4, -0.2) is 7.11 Å². The standard InChI is InChI=1S/C16H18FNO/c1-11-4-7-13(17)10-15(11)16(2,18)12-5-8-14(19-3)9-6-12/h4-10H,18H2,1-3H3. The summed E-state index contributed by atoms with van der Waals surface area (Å²) in [7, 11) is 1.62. The summed E-state index contributed by atoms with van der Waals surface area (Å²) < 4.78 is 18.6. The zero-order chi connectivity index (χ0) is 14.0. The van der Waals surface area contributed by atoms with Crippen molar-refractivity contribution in [3.05, 3.63) is 65.0 Å². The molecular weight excluding hydrogens is 241 g/mol. The van der Waals surface area contributed by atoms with Crippen LogP contribution >= 0.6 is 0 Å². The summed E-state index contributed by atoms with van der Waals surface area (Å²) in [5, 5.41) is 0. The lowest BCUT2D eigenvalue weighted by Crippen LogP contribution is -2.35. The zero-order valence-electron chi connectivity index (χ0n) is 11.4. The third-order valence-corrected chi connectivity index (χ3v) is 3.45. The van der Waals surface area contributed by atoms with Crippen LogP contribution in [0, 0.1) is 12.7 Å². The molecule has 0 fully saturated rings. The fourth-order valence-electron chi connectivity index (χ4n) is 2.25. The van der Waals surface area contributed by atoms with E-state index in [1.807, 2.05) is 38.1 Å². The van der Waals surface area contributed by atoms with Gasteiger partial charge in [0.2, 0.25) is 0 Å². The number of methoxy groups -OCH3 is 1. The van der Waals surface area contributed by atoms with Gasteiger partial charge in [0.1, 0.15) is 11.6 Å². The minimum Gasteiger partial charge on any atom is -0.497 e. The first-order chi connectivity index (χ1) is 8.95. The summed E-state index contributed by atoms with van der Waals surface area (Å²) in [6, 6.07) is 12.2. The van der Waals surface area contributed by atoms with Gasteiger partial charge in [0.05, 0.1) is 12.6 Å². The van der Waals surface area contributed by atoms with Gasteiger partial charge in [-0.25, -0.2) is 4.39 Å². The molecule has 0 bridgehead atoms. The highest BCUT2D eigenvalue weighted by Crippen LogP contribution is 2.30. The first kappa shape index (κ1) is 13.6. The van der Waals surface area contributed by atoms with Crippen molar-refractivity contribution in [3.63, 3.8) is 0 Å². The van der Waals surface area contributed by atoms with Gasteiger partial charge in [-0.1, -0.05) is 18.2 Å². The van der Waals surface area contributed by atoms with E-state index in [0.29, 0.717) is 0 Å². The Balaban J connectivity index is 2.48. The predicted octanol–water partition coefficient (Wildman–Crippen LogP) is 3.36. The topological polar surface area (TPSA) is 35.2 Å². The van der Waals surface area contributed by atoms with Crippen molar-refractivity contribution in [2.45, 2.75) is 19.4 Å². The van der Waals surface area contributed by atoms with Gasteiger partial charge < -0.3 is 10.5 Å². The summed E-state index contributed by atoms with van der Waals surface area (Å²) in [4.78, 5) is 0. The van der Waals surface area contributed by atoms with Crippen molar-refractivity contribution in [2.24, 2.45) is 5.73 Å². The Morgan fingerprint density at radius 1 is 1.11 bits per heavy atom. The van der Waals surface area contributed by atoms with Crippen molar-refractivity contribution in [1.82, 2.24) is 0 Å². The highest BCUT2D eigenvalue weighted by Gasteiger charge is 2.25. The lowest BCUT2D eigenvalue weighted by molar-refractivity contribution is 0.414. The van der Waals surface area contributed by atoms with Crippen LogP contribution in [0.3, 0.4) is 0 Å². The Morgan fingerprint density at radius 3 is 2.32 bits per heavy atom.